The third kappa shape index (κ3) is 4.69. The number of rotatable bonds is 6. The van der Waals surface area contributed by atoms with Gasteiger partial charge in [-0.25, -0.2) is 4.79 Å². The van der Waals surface area contributed by atoms with E-state index >= 15 is 0 Å². The third-order valence-electron chi connectivity index (χ3n) is 4.54. The Labute approximate surface area is 121 Å². The van der Waals surface area contributed by atoms with Crippen molar-refractivity contribution in [1.29, 1.82) is 0 Å². The number of carboxylic acids is 1. The fourth-order valence-electron chi connectivity index (χ4n) is 2.45. The van der Waals surface area contributed by atoms with Gasteiger partial charge in [-0.3, -0.25) is 4.79 Å². The Hall–Kier alpha value is -1.26. The molecule has 0 aromatic rings. The summed E-state index contributed by atoms with van der Waals surface area (Å²) in [7, 11) is 0. The van der Waals surface area contributed by atoms with Crippen molar-refractivity contribution in [2.24, 2.45) is 10.8 Å². The minimum absolute atomic E-state index is 0.0622. The number of aliphatic carboxylic acids is 1. The third-order valence-corrected chi connectivity index (χ3v) is 4.54. The SMILES string of the molecule is CCC(C)(C)CNC(=O)NCC1(C(=O)O)CCCCC1. The van der Waals surface area contributed by atoms with E-state index < -0.39 is 11.4 Å². The van der Waals surface area contributed by atoms with Gasteiger partial charge < -0.3 is 15.7 Å². The van der Waals surface area contributed by atoms with E-state index in [0.717, 1.165) is 25.7 Å². The highest BCUT2D eigenvalue weighted by Gasteiger charge is 2.39. The van der Waals surface area contributed by atoms with Crippen LogP contribution in [0.4, 0.5) is 4.79 Å². The predicted octanol–water partition coefficient (Wildman–Crippen LogP) is 2.76. The molecule has 0 heterocycles. The van der Waals surface area contributed by atoms with Gasteiger partial charge in [0.1, 0.15) is 0 Å². The number of amides is 2. The maximum atomic E-state index is 11.8. The van der Waals surface area contributed by atoms with Gasteiger partial charge in [0.2, 0.25) is 0 Å². The molecule has 1 saturated carbocycles. The lowest BCUT2D eigenvalue weighted by molar-refractivity contribution is -0.150. The van der Waals surface area contributed by atoms with Crippen LogP contribution in [0.3, 0.4) is 0 Å². The van der Waals surface area contributed by atoms with Gasteiger partial charge in [-0.05, 0) is 24.7 Å². The van der Waals surface area contributed by atoms with Crippen LogP contribution in [0, 0.1) is 10.8 Å². The summed E-state index contributed by atoms with van der Waals surface area (Å²) in [5.41, 5.74) is -0.706. The molecular weight excluding hydrogens is 256 g/mol. The Bertz CT molecular complexity index is 347. The number of carbonyl (C=O) groups is 2. The van der Waals surface area contributed by atoms with E-state index in [2.05, 4.69) is 31.4 Å². The summed E-state index contributed by atoms with van der Waals surface area (Å²) in [5, 5.41) is 15.0. The Balaban J connectivity index is 2.44. The Morgan fingerprint density at radius 3 is 2.25 bits per heavy atom. The summed E-state index contributed by atoms with van der Waals surface area (Å²) < 4.78 is 0. The molecule has 2 amide bonds. The molecule has 1 rings (SSSR count). The number of hydrogen-bond donors (Lipinski definition) is 3. The summed E-state index contributed by atoms with van der Waals surface area (Å²) in [6, 6.07) is -0.266. The maximum absolute atomic E-state index is 11.8. The first-order valence-electron chi connectivity index (χ1n) is 7.56. The monoisotopic (exact) mass is 284 g/mol. The summed E-state index contributed by atoms with van der Waals surface area (Å²) in [4.78, 5) is 23.3. The Morgan fingerprint density at radius 2 is 1.75 bits per heavy atom. The van der Waals surface area contributed by atoms with Crippen molar-refractivity contribution in [3.05, 3.63) is 0 Å². The number of nitrogens with one attached hydrogen (secondary N) is 2. The molecule has 0 aromatic carbocycles. The van der Waals surface area contributed by atoms with Gasteiger partial charge in [0.25, 0.3) is 0 Å². The summed E-state index contributed by atoms with van der Waals surface area (Å²) in [6.45, 7) is 7.08. The van der Waals surface area contributed by atoms with Crippen molar-refractivity contribution in [2.75, 3.05) is 13.1 Å². The van der Waals surface area contributed by atoms with E-state index in [1.54, 1.807) is 0 Å². The van der Waals surface area contributed by atoms with Crippen LogP contribution in [0.25, 0.3) is 0 Å². The molecule has 1 fully saturated rings. The highest BCUT2D eigenvalue weighted by Crippen LogP contribution is 2.35. The molecule has 0 spiro atoms. The highest BCUT2D eigenvalue weighted by atomic mass is 16.4. The van der Waals surface area contributed by atoms with Crippen LogP contribution < -0.4 is 10.6 Å². The molecule has 0 aromatic heterocycles. The lowest BCUT2D eigenvalue weighted by Crippen LogP contribution is -2.48. The van der Waals surface area contributed by atoms with Gasteiger partial charge >= 0.3 is 12.0 Å². The van der Waals surface area contributed by atoms with Crippen molar-refractivity contribution in [3.8, 4) is 0 Å². The number of carboxylic acid groups (broad SMARTS) is 1. The summed E-state index contributed by atoms with van der Waals surface area (Å²) >= 11 is 0. The van der Waals surface area contributed by atoms with E-state index in [1.807, 2.05) is 0 Å². The molecule has 116 valence electrons. The standard InChI is InChI=1S/C15H28N2O3/c1-4-14(2,3)10-16-13(20)17-11-15(12(18)19)8-6-5-7-9-15/h4-11H2,1-3H3,(H,18,19)(H2,16,17,20). The molecule has 1 aliphatic carbocycles. The Kier molecular flexibility index (Phi) is 5.84. The second-order valence-electron chi connectivity index (χ2n) is 6.70. The molecule has 0 radical (unpaired) electrons. The van der Waals surface area contributed by atoms with Crippen molar-refractivity contribution >= 4 is 12.0 Å². The first kappa shape index (κ1) is 16.8. The van der Waals surface area contributed by atoms with Gasteiger partial charge in [-0.15, -0.1) is 0 Å². The minimum atomic E-state index is -0.786. The molecule has 1 aliphatic rings. The molecule has 0 bridgehead atoms. The van der Waals surface area contributed by atoms with E-state index in [4.69, 9.17) is 0 Å². The van der Waals surface area contributed by atoms with Crippen LogP contribution >= 0.6 is 0 Å². The largest absolute Gasteiger partial charge is 0.481 e. The van der Waals surface area contributed by atoms with Crippen LogP contribution in [0.2, 0.25) is 0 Å². The molecule has 0 atom stereocenters. The normalized spacial score (nSPS) is 18.4. The molecule has 20 heavy (non-hydrogen) atoms. The summed E-state index contributed by atoms with van der Waals surface area (Å²) in [5.74, 6) is -0.786. The highest BCUT2D eigenvalue weighted by molar-refractivity contribution is 5.78. The van der Waals surface area contributed by atoms with Gasteiger partial charge in [0, 0.05) is 13.1 Å². The molecule has 5 heteroatoms. The zero-order valence-electron chi connectivity index (χ0n) is 12.9. The summed E-state index contributed by atoms with van der Waals surface area (Å²) in [6.07, 6.45) is 5.24. The molecule has 0 unspecified atom stereocenters. The van der Waals surface area contributed by atoms with E-state index in [9.17, 15) is 14.7 Å². The maximum Gasteiger partial charge on any atom is 0.314 e. The van der Waals surface area contributed by atoms with Crippen LogP contribution in [0.5, 0.6) is 0 Å². The van der Waals surface area contributed by atoms with Crippen LogP contribution in [0.15, 0.2) is 0 Å². The molecule has 3 N–H and O–H groups in total. The predicted molar refractivity (Wildman–Crippen MR) is 78.6 cm³/mol. The quantitative estimate of drug-likeness (QED) is 0.701. The van der Waals surface area contributed by atoms with Crippen LogP contribution in [0.1, 0.15) is 59.3 Å². The van der Waals surface area contributed by atoms with E-state index in [1.165, 1.54) is 0 Å². The van der Waals surface area contributed by atoms with Gasteiger partial charge in [-0.2, -0.15) is 0 Å². The zero-order valence-corrected chi connectivity index (χ0v) is 12.9. The first-order chi connectivity index (χ1) is 9.31. The topological polar surface area (TPSA) is 78.4 Å². The molecule has 0 saturated heterocycles. The average molecular weight is 284 g/mol. The number of carbonyl (C=O) groups excluding carboxylic acids is 1. The van der Waals surface area contributed by atoms with Crippen LogP contribution in [-0.4, -0.2) is 30.2 Å². The smallest absolute Gasteiger partial charge is 0.314 e. The van der Waals surface area contributed by atoms with Crippen molar-refractivity contribution in [3.63, 3.8) is 0 Å². The number of urea groups is 1. The van der Waals surface area contributed by atoms with Gasteiger partial charge in [-0.1, -0.05) is 40.0 Å². The fourth-order valence-corrected chi connectivity index (χ4v) is 2.45. The van der Waals surface area contributed by atoms with Gasteiger partial charge in [0.15, 0.2) is 0 Å². The molecular formula is C15H28N2O3. The van der Waals surface area contributed by atoms with Gasteiger partial charge in [0.05, 0.1) is 5.41 Å². The Morgan fingerprint density at radius 1 is 1.15 bits per heavy atom. The van der Waals surface area contributed by atoms with E-state index in [-0.39, 0.29) is 18.0 Å². The van der Waals surface area contributed by atoms with Crippen molar-refractivity contribution in [1.82, 2.24) is 10.6 Å². The number of hydrogen-bond acceptors (Lipinski definition) is 2. The second kappa shape index (κ2) is 6.95. The zero-order chi connectivity index (χ0) is 15.2. The van der Waals surface area contributed by atoms with E-state index in [0.29, 0.717) is 19.4 Å². The van der Waals surface area contributed by atoms with Crippen LogP contribution in [-0.2, 0) is 4.79 Å². The fraction of sp³-hybridized carbons (Fsp3) is 0.867. The van der Waals surface area contributed by atoms with Crippen molar-refractivity contribution in [2.45, 2.75) is 59.3 Å². The average Bonchev–Trinajstić information content (AvgIpc) is 2.44. The second-order valence-corrected chi connectivity index (χ2v) is 6.70. The first-order valence-corrected chi connectivity index (χ1v) is 7.56. The lowest BCUT2D eigenvalue weighted by atomic mass is 9.74. The van der Waals surface area contributed by atoms with Crippen molar-refractivity contribution < 1.29 is 14.7 Å². The molecule has 0 aliphatic heterocycles. The molecule has 5 nitrogen and oxygen atoms in total. The minimum Gasteiger partial charge on any atom is -0.481 e. The lowest BCUT2D eigenvalue weighted by Gasteiger charge is -2.33.